The van der Waals surface area contributed by atoms with Gasteiger partial charge in [0.2, 0.25) is 0 Å². The summed E-state index contributed by atoms with van der Waals surface area (Å²) in [6, 6.07) is 8.37. The minimum Gasteiger partial charge on any atom is -0.478 e. The topological polar surface area (TPSA) is 37.3 Å². The molecule has 1 aliphatic rings. The Morgan fingerprint density at radius 1 is 1.26 bits per heavy atom. The molecule has 2 rings (SSSR count). The van der Waals surface area contributed by atoms with Gasteiger partial charge in [-0.1, -0.05) is 44.0 Å². The molecule has 0 aliphatic heterocycles. The van der Waals surface area contributed by atoms with Crippen molar-refractivity contribution in [1.29, 1.82) is 0 Å². The molecule has 0 aromatic heterocycles. The Hall–Kier alpha value is -1.57. The highest BCUT2D eigenvalue weighted by atomic mass is 16.4. The van der Waals surface area contributed by atoms with Gasteiger partial charge in [-0.15, -0.1) is 0 Å². The number of carboxylic acid groups (broad SMARTS) is 1. The average molecular weight is 258 g/mol. The van der Waals surface area contributed by atoms with Crippen LogP contribution in [0.3, 0.4) is 0 Å². The Labute approximate surface area is 115 Å². The molecule has 1 aliphatic carbocycles. The second-order valence-corrected chi connectivity index (χ2v) is 5.77. The van der Waals surface area contributed by atoms with Crippen LogP contribution < -0.4 is 0 Å². The largest absolute Gasteiger partial charge is 0.478 e. The molecule has 1 saturated carbocycles. The molecule has 1 aromatic rings. The Morgan fingerprint density at radius 3 is 2.53 bits per heavy atom. The van der Waals surface area contributed by atoms with Crippen LogP contribution in [0.25, 0.3) is 6.08 Å². The molecule has 2 atom stereocenters. The molecule has 1 fully saturated rings. The van der Waals surface area contributed by atoms with E-state index < -0.39 is 5.97 Å². The quantitative estimate of drug-likeness (QED) is 0.812. The van der Waals surface area contributed by atoms with Crippen molar-refractivity contribution in [3.05, 3.63) is 41.0 Å². The normalized spacial score (nSPS) is 24.2. The van der Waals surface area contributed by atoms with E-state index >= 15 is 0 Å². The third kappa shape index (κ3) is 3.69. The smallest absolute Gasteiger partial charge is 0.331 e. The van der Waals surface area contributed by atoms with Crippen molar-refractivity contribution in [3.63, 3.8) is 0 Å². The summed E-state index contributed by atoms with van der Waals surface area (Å²) in [5, 5.41) is 8.86. The first-order valence-corrected chi connectivity index (χ1v) is 7.08. The zero-order valence-corrected chi connectivity index (χ0v) is 11.7. The number of hydrogen-bond donors (Lipinski definition) is 1. The van der Waals surface area contributed by atoms with Crippen LogP contribution in [0, 0.1) is 5.92 Å². The summed E-state index contributed by atoms with van der Waals surface area (Å²) in [4.78, 5) is 10.8. The predicted molar refractivity (Wildman–Crippen MR) is 78.1 cm³/mol. The van der Waals surface area contributed by atoms with Crippen LogP contribution in [0.1, 0.15) is 56.6 Å². The predicted octanol–water partition coefficient (Wildman–Crippen LogP) is 4.47. The first kappa shape index (κ1) is 13.9. The summed E-state index contributed by atoms with van der Waals surface area (Å²) < 4.78 is 0. The number of carbonyl (C=O) groups is 1. The number of carboxylic acids is 1. The molecule has 1 N–H and O–H groups in total. The molecule has 0 radical (unpaired) electrons. The molecule has 2 nitrogen and oxygen atoms in total. The van der Waals surface area contributed by atoms with E-state index in [2.05, 4.69) is 19.1 Å². The molecule has 0 bridgehead atoms. The number of rotatable bonds is 3. The molecule has 0 saturated heterocycles. The van der Waals surface area contributed by atoms with Crippen LogP contribution >= 0.6 is 0 Å². The lowest BCUT2D eigenvalue weighted by atomic mass is 9.79. The Bertz CT molecular complexity index is 471. The van der Waals surface area contributed by atoms with Crippen LogP contribution in [-0.2, 0) is 4.79 Å². The zero-order valence-electron chi connectivity index (χ0n) is 11.7. The summed E-state index contributed by atoms with van der Waals surface area (Å²) in [5.74, 6) is 0.653. The van der Waals surface area contributed by atoms with Gasteiger partial charge in [-0.2, -0.15) is 0 Å². The van der Waals surface area contributed by atoms with Gasteiger partial charge < -0.3 is 5.11 Å². The molecule has 0 amide bonds. The fourth-order valence-corrected chi connectivity index (χ4v) is 2.91. The zero-order chi connectivity index (χ0) is 13.8. The van der Waals surface area contributed by atoms with Crippen molar-refractivity contribution < 1.29 is 9.90 Å². The molecular formula is C17H22O2. The third-order valence-electron chi connectivity index (χ3n) is 4.06. The summed E-state index contributed by atoms with van der Waals surface area (Å²) in [6.45, 7) is 3.96. The summed E-state index contributed by atoms with van der Waals surface area (Å²) in [5.41, 5.74) is 2.74. The fraction of sp³-hybridized carbons (Fsp3) is 0.471. The molecule has 102 valence electrons. The highest BCUT2D eigenvalue weighted by Gasteiger charge is 2.19. The molecule has 0 spiro atoms. The van der Waals surface area contributed by atoms with Gasteiger partial charge in [0.05, 0.1) is 0 Å². The summed E-state index contributed by atoms with van der Waals surface area (Å²) >= 11 is 0. The van der Waals surface area contributed by atoms with Crippen molar-refractivity contribution >= 4 is 12.0 Å². The van der Waals surface area contributed by atoms with Gasteiger partial charge in [0.15, 0.2) is 0 Å². The van der Waals surface area contributed by atoms with E-state index in [4.69, 9.17) is 5.11 Å². The lowest BCUT2D eigenvalue weighted by molar-refractivity contribution is -0.132. The summed E-state index contributed by atoms with van der Waals surface area (Å²) in [6.07, 6.45) is 6.97. The molecule has 19 heavy (non-hydrogen) atoms. The van der Waals surface area contributed by atoms with Crippen LogP contribution in [0.5, 0.6) is 0 Å². The van der Waals surface area contributed by atoms with Gasteiger partial charge >= 0.3 is 5.97 Å². The minimum atomic E-state index is -0.856. The average Bonchev–Trinajstić information content (AvgIpc) is 2.39. The van der Waals surface area contributed by atoms with Crippen LogP contribution in [-0.4, -0.2) is 11.1 Å². The fourth-order valence-electron chi connectivity index (χ4n) is 2.91. The maximum absolute atomic E-state index is 10.8. The molecule has 2 unspecified atom stereocenters. The van der Waals surface area contributed by atoms with Crippen LogP contribution in [0.4, 0.5) is 0 Å². The van der Waals surface area contributed by atoms with E-state index in [0.29, 0.717) is 11.5 Å². The van der Waals surface area contributed by atoms with Crippen molar-refractivity contribution in [1.82, 2.24) is 0 Å². The standard InChI is InChI=1S/C17H22O2/c1-12-4-3-5-16(10-12)15-8-6-14(7-9-15)11-13(2)17(18)19/h6-9,11-12,16H,3-5,10H2,1-2H3,(H,18,19). The Kier molecular flexibility index (Phi) is 4.41. The van der Waals surface area contributed by atoms with Crippen LogP contribution in [0.2, 0.25) is 0 Å². The van der Waals surface area contributed by atoms with Gasteiger partial charge in [0.25, 0.3) is 0 Å². The number of aliphatic carboxylic acids is 1. The second-order valence-electron chi connectivity index (χ2n) is 5.77. The Morgan fingerprint density at radius 2 is 1.95 bits per heavy atom. The monoisotopic (exact) mass is 258 g/mol. The van der Waals surface area contributed by atoms with Crippen molar-refractivity contribution in [2.24, 2.45) is 5.92 Å². The van der Waals surface area contributed by atoms with Gasteiger partial charge in [0.1, 0.15) is 0 Å². The first-order chi connectivity index (χ1) is 9.06. The van der Waals surface area contributed by atoms with Crippen molar-refractivity contribution in [2.45, 2.75) is 45.4 Å². The van der Waals surface area contributed by atoms with E-state index in [1.807, 2.05) is 12.1 Å². The molecular weight excluding hydrogens is 236 g/mol. The van der Waals surface area contributed by atoms with Crippen molar-refractivity contribution in [3.8, 4) is 0 Å². The number of benzene rings is 1. The van der Waals surface area contributed by atoms with E-state index in [0.717, 1.165) is 11.5 Å². The lowest BCUT2D eigenvalue weighted by Crippen LogP contribution is -2.11. The third-order valence-corrected chi connectivity index (χ3v) is 4.06. The molecule has 2 heteroatoms. The Balaban J connectivity index is 2.10. The molecule has 1 aromatic carbocycles. The first-order valence-electron chi connectivity index (χ1n) is 7.08. The van der Waals surface area contributed by atoms with E-state index in [-0.39, 0.29) is 0 Å². The minimum absolute atomic E-state index is 0.374. The number of hydrogen-bond acceptors (Lipinski definition) is 1. The van der Waals surface area contributed by atoms with Gasteiger partial charge in [-0.25, -0.2) is 4.79 Å². The van der Waals surface area contributed by atoms with Gasteiger partial charge in [-0.3, -0.25) is 0 Å². The molecule has 0 heterocycles. The van der Waals surface area contributed by atoms with Gasteiger partial charge in [-0.05, 0) is 48.8 Å². The maximum Gasteiger partial charge on any atom is 0.331 e. The van der Waals surface area contributed by atoms with E-state index in [1.54, 1.807) is 13.0 Å². The van der Waals surface area contributed by atoms with Crippen molar-refractivity contribution in [2.75, 3.05) is 0 Å². The van der Waals surface area contributed by atoms with Gasteiger partial charge in [0, 0.05) is 5.57 Å². The highest BCUT2D eigenvalue weighted by molar-refractivity contribution is 5.91. The highest BCUT2D eigenvalue weighted by Crippen LogP contribution is 2.35. The van der Waals surface area contributed by atoms with E-state index in [9.17, 15) is 4.79 Å². The van der Waals surface area contributed by atoms with E-state index in [1.165, 1.54) is 31.2 Å². The summed E-state index contributed by atoms with van der Waals surface area (Å²) in [7, 11) is 0. The maximum atomic E-state index is 10.8. The second kappa shape index (κ2) is 6.05. The lowest BCUT2D eigenvalue weighted by Gasteiger charge is -2.27. The SMILES string of the molecule is CC(=Cc1ccc(C2CCCC(C)C2)cc1)C(=O)O. The van der Waals surface area contributed by atoms with Crippen LogP contribution in [0.15, 0.2) is 29.8 Å².